The molecule has 1 amide bonds. The van der Waals surface area contributed by atoms with Crippen molar-refractivity contribution in [3.05, 3.63) is 11.6 Å². The summed E-state index contributed by atoms with van der Waals surface area (Å²) in [4.78, 5) is 22.7. The lowest BCUT2D eigenvalue weighted by Gasteiger charge is -2.18. The van der Waals surface area contributed by atoms with Crippen LogP contribution in [0.4, 0.5) is 0 Å². The predicted molar refractivity (Wildman–Crippen MR) is 52.7 cm³/mol. The molecule has 0 aromatic rings. The zero-order valence-electron chi connectivity index (χ0n) is 8.49. The van der Waals surface area contributed by atoms with Gasteiger partial charge in [-0.25, -0.2) is 4.79 Å². The Balaban J connectivity index is 4.17. The predicted octanol–water partition coefficient (Wildman–Crippen LogP) is -0.175. The monoisotopic (exact) mass is 200 g/mol. The number of nitrogens with two attached hydrogens (primary N) is 1. The topological polar surface area (TPSA) is 83.6 Å². The number of carboxylic acid groups (broad SMARTS) is 1. The summed E-state index contributed by atoms with van der Waals surface area (Å²) < 4.78 is 0. The summed E-state index contributed by atoms with van der Waals surface area (Å²) >= 11 is 0. The summed E-state index contributed by atoms with van der Waals surface area (Å²) in [7, 11) is 0. The summed E-state index contributed by atoms with van der Waals surface area (Å²) in [5.41, 5.74) is 5.72. The number of rotatable bonds is 6. The van der Waals surface area contributed by atoms with Gasteiger partial charge >= 0.3 is 5.97 Å². The normalized spacial score (nSPS) is 11.8. The zero-order chi connectivity index (χ0) is 11.1. The molecule has 0 aliphatic carbocycles. The van der Waals surface area contributed by atoms with Crippen LogP contribution >= 0.6 is 0 Å². The fourth-order valence-electron chi connectivity index (χ4n) is 1.11. The molecule has 0 aromatic heterocycles. The van der Waals surface area contributed by atoms with E-state index in [4.69, 9.17) is 10.8 Å². The van der Waals surface area contributed by atoms with E-state index in [1.807, 2.05) is 6.92 Å². The van der Waals surface area contributed by atoms with Gasteiger partial charge in [0, 0.05) is 12.6 Å². The number of aliphatic carboxylic acids is 1. The summed E-state index contributed by atoms with van der Waals surface area (Å²) in [5.74, 6) is -1.38. The van der Waals surface area contributed by atoms with Crippen LogP contribution in [0.2, 0.25) is 0 Å². The highest BCUT2D eigenvalue weighted by atomic mass is 16.4. The number of hydrogen-bond acceptors (Lipinski definition) is 3. The van der Waals surface area contributed by atoms with Crippen molar-refractivity contribution in [2.75, 3.05) is 19.6 Å². The molecule has 0 atom stereocenters. The SMILES string of the molecule is CCN(CC(N)=O)CC(C)=CC(=O)O. The van der Waals surface area contributed by atoms with Crippen LogP contribution in [0.15, 0.2) is 11.6 Å². The third-order valence-electron chi connectivity index (χ3n) is 1.67. The molecular formula is C9H16N2O3. The number of carbonyl (C=O) groups is 2. The molecule has 0 saturated carbocycles. The lowest BCUT2D eigenvalue weighted by atomic mass is 10.2. The number of hydrogen-bond donors (Lipinski definition) is 2. The molecule has 0 rings (SSSR count). The molecule has 80 valence electrons. The Hall–Kier alpha value is -1.36. The molecule has 3 N–H and O–H groups in total. The summed E-state index contributed by atoms with van der Waals surface area (Å²) in [6, 6.07) is 0. The molecule has 0 saturated heterocycles. The molecule has 5 heteroatoms. The second-order valence-electron chi connectivity index (χ2n) is 3.10. The smallest absolute Gasteiger partial charge is 0.328 e. The minimum absolute atomic E-state index is 0.154. The molecule has 14 heavy (non-hydrogen) atoms. The van der Waals surface area contributed by atoms with Gasteiger partial charge in [-0.1, -0.05) is 12.5 Å². The molecule has 0 aromatic carbocycles. The van der Waals surface area contributed by atoms with Gasteiger partial charge in [0.05, 0.1) is 6.54 Å². The van der Waals surface area contributed by atoms with Gasteiger partial charge in [-0.3, -0.25) is 9.69 Å². The zero-order valence-corrected chi connectivity index (χ0v) is 8.49. The van der Waals surface area contributed by atoms with E-state index in [0.29, 0.717) is 18.7 Å². The first-order valence-corrected chi connectivity index (χ1v) is 4.36. The molecule has 5 nitrogen and oxygen atoms in total. The molecule has 0 spiro atoms. The van der Waals surface area contributed by atoms with E-state index in [-0.39, 0.29) is 6.54 Å². The third kappa shape index (κ3) is 6.19. The molecule has 0 radical (unpaired) electrons. The fraction of sp³-hybridized carbons (Fsp3) is 0.556. The average molecular weight is 200 g/mol. The number of amides is 1. The van der Waals surface area contributed by atoms with Crippen LogP contribution in [0.1, 0.15) is 13.8 Å². The van der Waals surface area contributed by atoms with E-state index in [1.165, 1.54) is 0 Å². The van der Waals surface area contributed by atoms with E-state index in [2.05, 4.69) is 0 Å². The van der Waals surface area contributed by atoms with Gasteiger partial charge in [0.2, 0.25) is 5.91 Å². The van der Waals surface area contributed by atoms with Gasteiger partial charge in [-0.15, -0.1) is 0 Å². The summed E-state index contributed by atoms with van der Waals surface area (Å²) in [6.07, 6.45) is 1.13. The Bertz CT molecular complexity index is 248. The second kappa shape index (κ2) is 6.15. The Morgan fingerprint density at radius 1 is 1.43 bits per heavy atom. The maximum Gasteiger partial charge on any atom is 0.328 e. The maximum absolute atomic E-state index is 10.6. The highest BCUT2D eigenvalue weighted by molar-refractivity contribution is 5.80. The molecule has 0 fully saturated rings. The van der Waals surface area contributed by atoms with Crippen LogP contribution in [-0.4, -0.2) is 41.5 Å². The molecular weight excluding hydrogens is 184 g/mol. The van der Waals surface area contributed by atoms with Crippen molar-refractivity contribution in [1.29, 1.82) is 0 Å². The van der Waals surface area contributed by atoms with Crippen molar-refractivity contribution in [1.82, 2.24) is 4.90 Å². The average Bonchev–Trinajstić information content (AvgIpc) is 2.00. The van der Waals surface area contributed by atoms with Crippen molar-refractivity contribution >= 4 is 11.9 Å². The van der Waals surface area contributed by atoms with Crippen molar-refractivity contribution < 1.29 is 14.7 Å². The van der Waals surface area contributed by atoms with E-state index >= 15 is 0 Å². The minimum atomic E-state index is -0.974. The molecule has 0 bridgehead atoms. The lowest BCUT2D eigenvalue weighted by molar-refractivity contribution is -0.131. The van der Waals surface area contributed by atoms with Crippen molar-refractivity contribution in [3.63, 3.8) is 0 Å². The second-order valence-corrected chi connectivity index (χ2v) is 3.10. The van der Waals surface area contributed by atoms with Gasteiger partial charge in [-0.05, 0) is 13.5 Å². The highest BCUT2D eigenvalue weighted by Crippen LogP contribution is 1.97. The van der Waals surface area contributed by atoms with Gasteiger partial charge in [0.25, 0.3) is 0 Å². The van der Waals surface area contributed by atoms with Crippen LogP contribution in [0.5, 0.6) is 0 Å². The molecule has 0 heterocycles. The van der Waals surface area contributed by atoms with Crippen LogP contribution in [-0.2, 0) is 9.59 Å². The van der Waals surface area contributed by atoms with Crippen LogP contribution < -0.4 is 5.73 Å². The Kier molecular flexibility index (Phi) is 5.55. The van der Waals surface area contributed by atoms with E-state index in [9.17, 15) is 9.59 Å². The molecule has 0 aliphatic heterocycles. The fourth-order valence-corrected chi connectivity index (χ4v) is 1.11. The van der Waals surface area contributed by atoms with E-state index in [0.717, 1.165) is 6.08 Å². The van der Waals surface area contributed by atoms with Crippen LogP contribution in [0.25, 0.3) is 0 Å². The largest absolute Gasteiger partial charge is 0.478 e. The van der Waals surface area contributed by atoms with Crippen LogP contribution in [0.3, 0.4) is 0 Å². The first-order chi connectivity index (χ1) is 6.45. The third-order valence-corrected chi connectivity index (χ3v) is 1.67. The standard InChI is InChI=1S/C9H16N2O3/c1-3-11(6-8(10)12)5-7(2)4-9(13)14/h4H,3,5-6H2,1-2H3,(H2,10,12)(H,13,14). The van der Waals surface area contributed by atoms with Crippen molar-refractivity contribution in [3.8, 4) is 0 Å². The summed E-state index contributed by atoms with van der Waals surface area (Å²) in [5, 5.41) is 8.46. The Morgan fingerprint density at radius 2 is 2.00 bits per heavy atom. The quantitative estimate of drug-likeness (QED) is 0.583. The van der Waals surface area contributed by atoms with Crippen LogP contribution in [0, 0.1) is 0 Å². The number of likely N-dealkylation sites (N-methyl/N-ethyl adjacent to an activating group) is 1. The molecule has 0 aliphatic rings. The summed E-state index contributed by atoms with van der Waals surface area (Å²) in [6.45, 7) is 4.86. The number of primary amides is 1. The maximum atomic E-state index is 10.6. The van der Waals surface area contributed by atoms with E-state index in [1.54, 1.807) is 11.8 Å². The van der Waals surface area contributed by atoms with Gasteiger partial charge < -0.3 is 10.8 Å². The molecule has 0 unspecified atom stereocenters. The Labute approximate surface area is 83.2 Å². The number of carbonyl (C=O) groups excluding carboxylic acids is 1. The van der Waals surface area contributed by atoms with Gasteiger partial charge in [0.1, 0.15) is 0 Å². The highest BCUT2D eigenvalue weighted by Gasteiger charge is 2.06. The lowest BCUT2D eigenvalue weighted by Crippen LogP contribution is -2.34. The minimum Gasteiger partial charge on any atom is -0.478 e. The number of nitrogens with zero attached hydrogens (tertiary/aromatic N) is 1. The van der Waals surface area contributed by atoms with Crippen molar-refractivity contribution in [2.24, 2.45) is 5.73 Å². The first kappa shape index (κ1) is 12.6. The van der Waals surface area contributed by atoms with Gasteiger partial charge in [0.15, 0.2) is 0 Å². The van der Waals surface area contributed by atoms with Gasteiger partial charge in [-0.2, -0.15) is 0 Å². The Morgan fingerprint density at radius 3 is 2.36 bits per heavy atom. The van der Waals surface area contributed by atoms with Crippen molar-refractivity contribution in [2.45, 2.75) is 13.8 Å². The number of carboxylic acids is 1. The van der Waals surface area contributed by atoms with E-state index < -0.39 is 11.9 Å². The first-order valence-electron chi connectivity index (χ1n) is 4.36.